The lowest BCUT2D eigenvalue weighted by Crippen LogP contribution is -2.78. The maximum atomic E-state index is 13.2. The van der Waals surface area contributed by atoms with Crippen LogP contribution in [0.5, 0.6) is 0 Å². The van der Waals surface area contributed by atoms with E-state index in [1.807, 2.05) is 0 Å². The maximum Gasteiger partial charge on any atom is 0.263 e. The molecule has 1 atom stereocenters. The van der Waals surface area contributed by atoms with Crippen LogP contribution in [0, 0.1) is 23.7 Å². The van der Waals surface area contributed by atoms with Crippen LogP contribution in [-0.2, 0) is 14.4 Å². The minimum atomic E-state index is -0.736. The minimum absolute atomic E-state index is 0.251. The fourth-order valence-electron chi connectivity index (χ4n) is 5.88. The molecule has 126 valence electrons. The van der Waals surface area contributed by atoms with Gasteiger partial charge in [-0.05, 0) is 62.7 Å². The van der Waals surface area contributed by atoms with Gasteiger partial charge in [0, 0.05) is 0 Å². The van der Waals surface area contributed by atoms with Crippen molar-refractivity contribution in [3.8, 4) is 0 Å². The Morgan fingerprint density at radius 1 is 1.22 bits per heavy atom. The van der Waals surface area contributed by atoms with E-state index in [0.717, 1.165) is 30.6 Å². The predicted molar refractivity (Wildman–Crippen MR) is 79.0 cm³/mol. The number of imide groups is 1. The molecular weight excluding hydrogens is 298 g/mol. The van der Waals surface area contributed by atoms with Crippen LogP contribution >= 0.6 is 0 Å². The topological polar surface area (TPSA) is 98.7 Å². The van der Waals surface area contributed by atoms with E-state index in [-0.39, 0.29) is 17.7 Å². The lowest BCUT2D eigenvalue weighted by Gasteiger charge is -2.62. The largest absolute Gasteiger partial charge is 0.292 e. The van der Waals surface area contributed by atoms with Gasteiger partial charge in [-0.3, -0.25) is 29.8 Å². The Hall–Kier alpha value is -1.47. The van der Waals surface area contributed by atoms with Gasteiger partial charge >= 0.3 is 0 Å². The summed E-state index contributed by atoms with van der Waals surface area (Å²) in [6.45, 7) is 1.35. The third-order valence-corrected chi connectivity index (χ3v) is 6.54. The standard InChI is InChI=1S/C16H23N3O4/c1-8-14(21)19(7-13(20)18-23)15(22)16(17-8)11-3-9-2-10(5-11)6-12(16)4-9/h8-12,17,23H,2-7H2,1H3,(H,18,20)/t8-,9?,10?,11?,12?,16?/m0/s1. The third-order valence-electron chi connectivity index (χ3n) is 6.54. The molecule has 7 heteroatoms. The van der Waals surface area contributed by atoms with Gasteiger partial charge in [0.1, 0.15) is 12.1 Å². The van der Waals surface area contributed by atoms with Crippen LogP contribution in [-0.4, -0.2) is 46.0 Å². The summed E-state index contributed by atoms with van der Waals surface area (Å²) in [5.41, 5.74) is 0.821. The number of amides is 3. The second-order valence-electron chi connectivity index (χ2n) is 7.80. The van der Waals surface area contributed by atoms with Crippen molar-refractivity contribution in [3.05, 3.63) is 0 Å². The first-order chi connectivity index (χ1) is 11.0. The van der Waals surface area contributed by atoms with Crippen molar-refractivity contribution in [2.45, 2.75) is 50.6 Å². The number of rotatable bonds is 2. The predicted octanol–water partition coefficient (Wildman–Crippen LogP) is 0.0336. The van der Waals surface area contributed by atoms with Crippen LogP contribution in [0.4, 0.5) is 0 Å². The van der Waals surface area contributed by atoms with Crippen LogP contribution in [0.3, 0.4) is 0 Å². The molecule has 0 unspecified atom stereocenters. The summed E-state index contributed by atoms with van der Waals surface area (Å²) < 4.78 is 0. The minimum Gasteiger partial charge on any atom is -0.292 e. The van der Waals surface area contributed by atoms with E-state index in [0.29, 0.717) is 11.8 Å². The average Bonchev–Trinajstić information content (AvgIpc) is 2.52. The zero-order valence-corrected chi connectivity index (χ0v) is 13.2. The molecule has 3 N–H and O–H groups in total. The van der Waals surface area contributed by atoms with Crippen LogP contribution in [0.15, 0.2) is 0 Å². The summed E-state index contributed by atoms with van der Waals surface area (Å²) in [6, 6.07) is -0.489. The summed E-state index contributed by atoms with van der Waals surface area (Å²) in [5, 5.41) is 12.1. The normalized spacial score (nSPS) is 45.0. The molecule has 1 heterocycles. The molecule has 0 aromatic carbocycles. The Morgan fingerprint density at radius 2 is 1.78 bits per heavy atom. The molecule has 0 aromatic heterocycles. The van der Waals surface area contributed by atoms with Crippen LogP contribution < -0.4 is 10.8 Å². The van der Waals surface area contributed by atoms with Crippen molar-refractivity contribution in [2.75, 3.05) is 6.54 Å². The van der Waals surface area contributed by atoms with Gasteiger partial charge in [0.15, 0.2) is 0 Å². The lowest BCUT2D eigenvalue weighted by molar-refractivity contribution is -0.174. The molecule has 0 aromatic rings. The van der Waals surface area contributed by atoms with E-state index in [4.69, 9.17) is 5.21 Å². The molecular formula is C16H23N3O4. The van der Waals surface area contributed by atoms with Crippen molar-refractivity contribution in [1.29, 1.82) is 0 Å². The smallest absolute Gasteiger partial charge is 0.263 e. The number of nitrogens with zero attached hydrogens (tertiary/aromatic N) is 1. The fourth-order valence-corrected chi connectivity index (χ4v) is 5.88. The fraction of sp³-hybridized carbons (Fsp3) is 0.812. The SMILES string of the molecule is C[C@@H]1NC2(C(=O)N(CC(=O)NO)C1=O)C1CC3CC(C1)CC2C3. The number of nitrogens with one attached hydrogen (secondary N) is 2. The van der Waals surface area contributed by atoms with Crippen LogP contribution in [0.25, 0.3) is 0 Å². The maximum absolute atomic E-state index is 13.2. The number of hydroxylamine groups is 1. The van der Waals surface area contributed by atoms with Gasteiger partial charge in [0.05, 0.1) is 6.04 Å². The molecule has 1 aliphatic heterocycles. The van der Waals surface area contributed by atoms with Gasteiger partial charge in [0.2, 0.25) is 5.91 Å². The van der Waals surface area contributed by atoms with Gasteiger partial charge in [-0.15, -0.1) is 0 Å². The number of carbonyl (C=O) groups is 3. The van der Waals surface area contributed by atoms with Crippen LogP contribution in [0.2, 0.25) is 0 Å². The molecule has 7 nitrogen and oxygen atoms in total. The summed E-state index contributed by atoms with van der Waals surface area (Å²) in [7, 11) is 0. The second-order valence-corrected chi connectivity index (χ2v) is 7.80. The van der Waals surface area contributed by atoms with Gasteiger partial charge in [-0.25, -0.2) is 5.48 Å². The molecule has 5 rings (SSSR count). The summed E-state index contributed by atoms with van der Waals surface area (Å²) in [4.78, 5) is 38.2. The molecule has 5 aliphatic rings. The highest BCUT2D eigenvalue weighted by atomic mass is 16.5. The van der Waals surface area contributed by atoms with Crippen molar-refractivity contribution in [1.82, 2.24) is 15.7 Å². The first-order valence-electron chi connectivity index (χ1n) is 8.52. The van der Waals surface area contributed by atoms with Gasteiger partial charge in [-0.2, -0.15) is 0 Å². The number of piperazine rings is 1. The number of carbonyl (C=O) groups excluding carboxylic acids is 3. The highest BCUT2D eigenvalue weighted by Gasteiger charge is 2.64. The highest BCUT2D eigenvalue weighted by Crippen LogP contribution is 2.59. The zero-order valence-electron chi connectivity index (χ0n) is 13.2. The van der Waals surface area contributed by atoms with E-state index in [2.05, 4.69) is 5.32 Å². The Labute approximate surface area is 134 Å². The second kappa shape index (κ2) is 5.01. The highest BCUT2D eigenvalue weighted by molar-refractivity contribution is 6.07. The summed E-state index contributed by atoms with van der Waals surface area (Å²) in [5.74, 6) is 0.526. The van der Waals surface area contributed by atoms with E-state index in [1.54, 1.807) is 6.92 Å². The van der Waals surface area contributed by atoms with E-state index in [1.165, 1.54) is 11.9 Å². The van der Waals surface area contributed by atoms with Crippen molar-refractivity contribution < 1.29 is 19.6 Å². The van der Waals surface area contributed by atoms with Crippen molar-refractivity contribution in [3.63, 3.8) is 0 Å². The monoisotopic (exact) mass is 321 g/mol. The van der Waals surface area contributed by atoms with E-state index >= 15 is 0 Å². The molecule has 23 heavy (non-hydrogen) atoms. The lowest BCUT2D eigenvalue weighted by atomic mass is 9.47. The van der Waals surface area contributed by atoms with Gasteiger partial charge < -0.3 is 0 Å². The molecule has 0 radical (unpaired) electrons. The Kier molecular flexibility index (Phi) is 3.29. The van der Waals surface area contributed by atoms with E-state index < -0.39 is 29.9 Å². The Bertz CT molecular complexity index is 548. The Balaban J connectivity index is 1.69. The first kappa shape index (κ1) is 15.1. The van der Waals surface area contributed by atoms with E-state index in [9.17, 15) is 14.4 Å². The zero-order chi connectivity index (χ0) is 16.4. The first-order valence-corrected chi connectivity index (χ1v) is 8.52. The van der Waals surface area contributed by atoms with Crippen LogP contribution in [0.1, 0.15) is 39.0 Å². The quantitative estimate of drug-likeness (QED) is 0.379. The van der Waals surface area contributed by atoms with Crippen molar-refractivity contribution >= 4 is 17.7 Å². The summed E-state index contributed by atoms with van der Waals surface area (Å²) in [6.07, 6.45) is 5.42. The number of hydrogen-bond acceptors (Lipinski definition) is 5. The molecule has 1 spiro atoms. The average molecular weight is 321 g/mol. The van der Waals surface area contributed by atoms with Gasteiger partial charge in [0.25, 0.3) is 11.8 Å². The molecule has 4 saturated carbocycles. The van der Waals surface area contributed by atoms with Gasteiger partial charge in [-0.1, -0.05) is 0 Å². The summed E-state index contributed by atoms with van der Waals surface area (Å²) >= 11 is 0. The van der Waals surface area contributed by atoms with Crippen molar-refractivity contribution in [2.24, 2.45) is 23.7 Å². The molecule has 4 bridgehead atoms. The molecule has 5 fully saturated rings. The molecule has 3 amide bonds. The third kappa shape index (κ3) is 1.99. The number of hydrogen-bond donors (Lipinski definition) is 3. The molecule has 1 saturated heterocycles. The molecule has 4 aliphatic carbocycles. The Morgan fingerprint density at radius 3 is 2.30 bits per heavy atom.